The summed E-state index contributed by atoms with van der Waals surface area (Å²) in [6, 6.07) is 8.18. The minimum absolute atomic E-state index is 0.215. The number of nitriles is 1. The van der Waals surface area contributed by atoms with E-state index in [4.69, 9.17) is 10.00 Å². The van der Waals surface area contributed by atoms with Crippen LogP contribution in [0.15, 0.2) is 24.3 Å². The second-order valence-electron chi connectivity index (χ2n) is 4.69. The van der Waals surface area contributed by atoms with Crippen LogP contribution in [0.4, 0.5) is 4.79 Å². The summed E-state index contributed by atoms with van der Waals surface area (Å²) < 4.78 is 4.89. The topological polar surface area (TPSA) is 82.4 Å². The fraction of sp³-hybridized carbons (Fsp3) is 0.357. The molecule has 20 heavy (non-hydrogen) atoms. The third-order valence-corrected chi connectivity index (χ3v) is 3.39. The molecule has 3 amide bonds. The van der Waals surface area contributed by atoms with Crippen molar-refractivity contribution >= 4 is 11.9 Å². The average Bonchev–Trinajstić information content (AvgIpc) is 2.68. The largest absolute Gasteiger partial charge is 0.383 e. The minimum atomic E-state index is -1.10. The Hall–Kier alpha value is -2.39. The van der Waals surface area contributed by atoms with E-state index in [1.54, 1.807) is 31.2 Å². The van der Waals surface area contributed by atoms with Crippen molar-refractivity contribution in [2.45, 2.75) is 12.5 Å². The van der Waals surface area contributed by atoms with Gasteiger partial charge in [0, 0.05) is 7.11 Å². The van der Waals surface area contributed by atoms with Crippen LogP contribution in [0.1, 0.15) is 18.1 Å². The van der Waals surface area contributed by atoms with Crippen LogP contribution in [0.3, 0.4) is 0 Å². The Morgan fingerprint density at radius 1 is 1.35 bits per heavy atom. The van der Waals surface area contributed by atoms with E-state index in [1.807, 2.05) is 6.07 Å². The summed E-state index contributed by atoms with van der Waals surface area (Å²) in [5.41, 5.74) is 0.0545. The number of carbonyl (C=O) groups is 2. The molecule has 1 fully saturated rings. The number of nitrogens with zero attached hydrogens (tertiary/aromatic N) is 2. The predicted octanol–water partition coefficient (Wildman–Crippen LogP) is 0.972. The predicted molar refractivity (Wildman–Crippen MR) is 70.6 cm³/mol. The maximum absolute atomic E-state index is 12.4. The molecule has 1 aromatic carbocycles. The van der Waals surface area contributed by atoms with Gasteiger partial charge in [-0.3, -0.25) is 9.69 Å². The summed E-state index contributed by atoms with van der Waals surface area (Å²) in [5.74, 6) is -0.316. The lowest BCUT2D eigenvalue weighted by Crippen LogP contribution is -2.41. The van der Waals surface area contributed by atoms with Crippen LogP contribution in [-0.4, -0.2) is 37.1 Å². The first-order valence-corrected chi connectivity index (χ1v) is 6.16. The highest BCUT2D eigenvalue weighted by atomic mass is 16.5. The maximum atomic E-state index is 12.4. The molecule has 1 saturated heterocycles. The van der Waals surface area contributed by atoms with Crippen molar-refractivity contribution in [3.63, 3.8) is 0 Å². The molecule has 0 radical (unpaired) electrons. The number of urea groups is 1. The molecule has 1 aliphatic rings. The maximum Gasteiger partial charge on any atom is 0.325 e. The molecule has 0 aliphatic carbocycles. The molecule has 1 heterocycles. The van der Waals surface area contributed by atoms with Gasteiger partial charge in [-0.15, -0.1) is 0 Å². The monoisotopic (exact) mass is 273 g/mol. The normalized spacial score (nSPS) is 21.8. The van der Waals surface area contributed by atoms with Crippen molar-refractivity contribution in [3.8, 4) is 6.07 Å². The van der Waals surface area contributed by atoms with Gasteiger partial charge < -0.3 is 10.1 Å². The fourth-order valence-corrected chi connectivity index (χ4v) is 2.16. The van der Waals surface area contributed by atoms with Gasteiger partial charge in [-0.1, -0.05) is 12.1 Å². The molecule has 6 heteroatoms. The van der Waals surface area contributed by atoms with E-state index in [0.29, 0.717) is 17.7 Å². The average molecular weight is 273 g/mol. The smallest absolute Gasteiger partial charge is 0.325 e. The standard InChI is InChI=1S/C14H15N3O3/c1-14(11-5-3-10(9-15)4-6-11)12(18)17(7-8-20-2)13(19)16-14/h3-6H,7-8H2,1-2H3,(H,16,19)/t14-/m0/s1. The molecule has 1 aromatic rings. The van der Waals surface area contributed by atoms with Crippen molar-refractivity contribution in [1.82, 2.24) is 10.2 Å². The summed E-state index contributed by atoms with van der Waals surface area (Å²) in [4.78, 5) is 25.4. The van der Waals surface area contributed by atoms with Crippen LogP contribution in [0.2, 0.25) is 0 Å². The second kappa shape index (κ2) is 5.31. The number of amides is 3. The summed E-state index contributed by atoms with van der Waals surface area (Å²) in [6.45, 7) is 2.16. The summed E-state index contributed by atoms with van der Waals surface area (Å²) >= 11 is 0. The number of benzene rings is 1. The van der Waals surface area contributed by atoms with E-state index < -0.39 is 11.6 Å². The van der Waals surface area contributed by atoms with Gasteiger partial charge in [-0.2, -0.15) is 5.26 Å². The van der Waals surface area contributed by atoms with Gasteiger partial charge >= 0.3 is 6.03 Å². The van der Waals surface area contributed by atoms with Gasteiger partial charge in [-0.05, 0) is 24.6 Å². The van der Waals surface area contributed by atoms with Crippen molar-refractivity contribution in [2.24, 2.45) is 0 Å². The molecular formula is C14H15N3O3. The third-order valence-electron chi connectivity index (χ3n) is 3.39. The number of ether oxygens (including phenoxy) is 1. The summed E-state index contributed by atoms with van der Waals surface area (Å²) in [5, 5.41) is 11.5. The first-order valence-electron chi connectivity index (χ1n) is 6.16. The highest BCUT2D eigenvalue weighted by molar-refractivity contribution is 6.07. The van der Waals surface area contributed by atoms with E-state index >= 15 is 0 Å². The fourth-order valence-electron chi connectivity index (χ4n) is 2.16. The van der Waals surface area contributed by atoms with Crippen LogP contribution in [-0.2, 0) is 15.1 Å². The van der Waals surface area contributed by atoms with E-state index in [-0.39, 0.29) is 12.5 Å². The van der Waals surface area contributed by atoms with Crippen molar-refractivity contribution < 1.29 is 14.3 Å². The lowest BCUT2D eigenvalue weighted by molar-refractivity contribution is -0.131. The van der Waals surface area contributed by atoms with E-state index in [1.165, 1.54) is 7.11 Å². The first-order chi connectivity index (χ1) is 9.52. The number of carbonyl (C=O) groups excluding carboxylic acids is 2. The Morgan fingerprint density at radius 3 is 2.55 bits per heavy atom. The van der Waals surface area contributed by atoms with Crippen LogP contribution in [0.5, 0.6) is 0 Å². The van der Waals surface area contributed by atoms with E-state index in [9.17, 15) is 9.59 Å². The zero-order valence-electron chi connectivity index (χ0n) is 11.3. The highest BCUT2D eigenvalue weighted by Gasteiger charge is 2.48. The number of rotatable bonds is 4. The zero-order chi connectivity index (χ0) is 14.8. The number of hydrogen-bond donors (Lipinski definition) is 1. The molecule has 0 aromatic heterocycles. The molecule has 0 saturated carbocycles. The molecule has 1 N–H and O–H groups in total. The molecule has 2 rings (SSSR count). The van der Waals surface area contributed by atoms with Gasteiger partial charge in [0.15, 0.2) is 0 Å². The van der Waals surface area contributed by atoms with Crippen molar-refractivity contribution in [3.05, 3.63) is 35.4 Å². The van der Waals surface area contributed by atoms with E-state index in [0.717, 1.165) is 4.90 Å². The molecule has 0 spiro atoms. The first kappa shape index (κ1) is 14.0. The van der Waals surface area contributed by atoms with Crippen LogP contribution >= 0.6 is 0 Å². The number of imide groups is 1. The zero-order valence-corrected chi connectivity index (χ0v) is 11.3. The van der Waals surface area contributed by atoms with Gasteiger partial charge in [0.25, 0.3) is 5.91 Å². The Kier molecular flexibility index (Phi) is 3.72. The molecular weight excluding hydrogens is 258 g/mol. The Balaban J connectivity index is 2.28. The van der Waals surface area contributed by atoms with Crippen LogP contribution in [0, 0.1) is 11.3 Å². The Labute approximate surface area is 116 Å². The molecule has 0 bridgehead atoms. The highest BCUT2D eigenvalue weighted by Crippen LogP contribution is 2.28. The molecule has 104 valence electrons. The van der Waals surface area contributed by atoms with E-state index in [2.05, 4.69) is 5.32 Å². The van der Waals surface area contributed by atoms with Crippen LogP contribution < -0.4 is 5.32 Å². The SMILES string of the molecule is COCCN1C(=O)N[C@@](C)(c2ccc(C#N)cc2)C1=O. The van der Waals surface area contributed by atoms with Crippen molar-refractivity contribution in [2.75, 3.05) is 20.3 Å². The minimum Gasteiger partial charge on any atom is -0.383 e. The Bertz CT molecular complexity index is 576. The molecule has 1 aliphatic heterocycles. The summed E-state index contributed by atoms with van der Waals surface area (Å²) in [6.07, 6.45) is 0. The molecule has 1 atom stereocenters. The molecule has 6 nitrogen and oxygen atoms in total. The third kappa shape index (κ3) is 2.24. The number of hydrogen-bond acceptors (Lipinski definition) is 4. The number of nitrogens with one attached hydrogen (secondary N) is 1. The number of methoxy groups -OCH3 is 1. The lowest BCUT2D eigenvalue weighted by atomic mass is 9.91. The van der Waals surface area contributed by atoms with Gasteiger partial charge in [0.2, 0.25) is 0 Å². The van der Waals surface area contributed by atoms with Gasteiger partial charge in [0.05, 0.1) is 24.8 Å². The van der Waals surface area contributed by atoms with Crippen LogP contribution in [0.25, 0.3) is 0 Å². The van der Waals surface area contributed by atoms with Gasteiger partial charge in [0.1, 0.15) is 5.54 Å². The lowest BCUT2D eigenvalue weighted by Gasteiger charge is -2.22. The second-order valence-corrected chi connectivity index (χ2v) is 4.69. The molecule has 0 unspecified atom stereocenters. The van der Waals surface area contributed by atoms with Gasteiger partial charge in [-0.25, -0.2) is 4.79 Å². The van der Waals surface area contributed by atoms with Crippen molar-refractivity contribution in [1.29, 1.82) is 5.26 Å². The Morgan fingerprint density at radius 2 is 2.00 bits per heavy atom. The summed E-state index contributed by atoms with van der Waals surface area (Å²) in [7, 11) is 1.51. The quantitative estimate of drug-likeness (QED) is 0.829.